The number of aliphatic carboxylic acids is 1. The van der Waals surface area contributed by atoms with Crippen molar-refractivity contribution in [3.05, 3.63) is 39.3 Å². The Morgan fingerprint density at radius 2 is 2.33 bits per heavy atom. The van der Waals surface area contributed by atoms with Crippen LogP contribution in [0.5, 0.6) is 0 Å². The monoisotopic (exact) mass is 383 g/mol. The molecule has 0 spiro atoms. The molecule has 3 heterocycles. The number of thiophene rings is 1. The van der Waals surface area contributed by atoms with Crippen LogP contribution in [0.25, 0.3) is 11.0 Å². The van der Waals surface area contributed by atoms with E-state index in [1.54, 1.807) is 23.7 Å². The van der Waals surface area contributed by atoms with Crippen molar-refractivity contribution in [2.24, 2.45) is 0 Å². The molecule has 108 valence electrons. The second-order valence-corrected chi connectivity index (χ2v) is 7.02. The second-order valence-electron chi connectivity index (χ2n) is 4.22. The lowest BCUT2D eigenvalue weighted by Crippen LogP contribution is -2.04. The number of pyridine rings is 1. The summed E-state index contributed by atoms with van der Waals surface area (Å²) in [5, 5.41) is 11.6. The van der Waals surface area contributed by atoms with Gasteiger partial charge in [0.1, 0.15) is 5.52 Å². The van der Waals surface area contributed by atoms with Gasteiger partial charge >= 0.3 is 5.97 Å². The highest BCUT2D eigenvalue weighted by atomic mass is 79.9. The van der Waals surface area contributed by atoms with E-state index in [9.17, 15) is 4.79 Å². The summed E-state index contributed by atoms with van der Waals surface area (Å²) in [6.45, 7) is 0.653. The van der Waals surface area contributed by atoms with E-state index >= 15 is 0 Å². The maximum Gasteiger partial charge on any atom is 0.313 e. The molecule has 21 heavy (non-hydrogen) atoms. The predicted molar refractivity (Wildman–Crippen MR) is 87.0 cm³/mol. The molecule has 3 aromatic heterocycles. The molecule has 0 fully saturated rings. The Bertz CT molecular complexity index is 800. The average molecular weight is 384 g/mol. The van der Waals surface area contributed by atoms with Crippen LogP contribution in [0.3, 0.4) is 0 Å². The highest BCUT2D eigenvalue weighted by Crippen LogP contribution is 2.29. The standard InChI is InChI=1S/C13H10BrN3O2S2/c14-8-2-4-20-11(8)6-17-10-1-3-15-5-9(10)16-13(17)21-7-12(18)19/h1-5H,6-7H2,(H,18,19). The SMILES string of the molecule is O=C(O)CSc1nc2cnccc2n1Cc1sccc1Br. The normalized spacial score (nSPS) is 11.1. The number of nitrogens with zero attached hydrogens (tertiary/aromatic N) is 3. The average Bonchev–Trinajstić information content (AvgIpc) is 3.02. The Morgan fingerprint density at radius 3 is 3.05 bits per heavy atom. The first-order valence-corrected chi connectivity index (χ1v) is 8.67. The maximum absolute atomic E-state index is 10.8. The van der Waals surface area contributed by atoms with Crippen LogP contribution in [-0.4, -0.2) is 31.4 Å². The molecule has 8 heteroatoms. The van der Waals surface area contributed by atoms with Gasteiger partial charge in [-0.3, -0.25) is 9.78 Å². The summed E-state index contributed by atoms with van der Waals surface area (Å²) in [4.78, 5) is 20.5. The van der Waals surface area contributed by atoms with Gasteiger partial charge in [-0.2, -0.15) is 0 Å². The third kappa shape index (κ3) is 3.12. The largest absolute Gasteiger partial charge is 0.481 e. The number of thioether (sulfide) groups is 1. The number of aromatic nitrogens is 3. The van der Waals surface area contributed by atoms with Gasteiger partial charge in [-0.05, 0) is 33.4 Å². The van der Waals surface area contributed by atoms with Gasteiger partial charge in [-0.15, -0.1) is 11.3 Å². The van der Waals surface area contributed by atoms with Crippen molar-refractivity contribution in [3.8, 4) is 0 Å². The topological polar surface area (TPSA) is 68.0 Å². The highest BCUT2D eigenvalue weighted by molar-refractivity contribution is 9.10. The van der Waals surface area contributed by atoms with E-state index in [-0.39, 0.29) is 5.75 Å². The molecule has 0 radical (unpaired) electrons. The summed E-state index contributed by atoms with van der Waals surface area (Å²) >= 11 is 6.40. The molecule has 0 aliphatic heterocycles. The molecule has 0 unspecified atom stereocenters. The van der Waals surface area contributed by atoms with Crippen molar-refractivity contribution in [2.75, 3.05) is 5.75 Å². The molecule has 0 atom stereocenters. The van der Waals surface area contributed by atoms with Crippen molar-refractivity contribution in [1.29, 1.82) is 0 Å². The van der Waals surface area contributed by atoms with E-state index in [0.29, 0.717) is 11.7 Å². The summed E-state index contributed by atoms with van der Waals surface area (Å²) in [6.07, 6.45) is 3.41. The fourth-order valence-corrected chi connectivity index (χ4v) is 4.13. The molecule has 0 amide bonds. The minimum atomic E-state index is -0.853. The molecule has 1 N–H and O–H groups in total. The lowest BCUT2D eigenvalue weighted by atomic mass is 10.4. The van der Waals surface area contributed by atoms with Gasteiger partial charge in [-0.25, -0.2) is 4.98 Å². The Balaban J connectivity index is 2.02. The zero-order valence-electron chi connectivity index (χ0n) is 10.7. The summed E-state index contributed by atoms with van der Waals surface area (Å²) in [6, 6.07) is 3.90. The fourth-order valence-electron chi connectivity index (χ4n) is 1.93. The summed E-state index contributed by atoms with van der Waals surface area (Å²) in [7, 11) is 0. The van der Waals surface area contributed by atoms with E-state index in [1.807, 2.05) is 22.1 Å². The van der Waals surface area contributed by atoms with Gasteiger partial charge < -0.3 is 9.67 Å². The fraction of sp³-hybridized carbons (Fsp3) is 0.154. The van der Waals surface area contributed by atoms with Crippen LogP contribution in [0, 0.1) is 0 Å². The summed E-state index contributed by atoms with van der Waals surface area (Å²) in [5.74, 6) is -0.864. The number of rotatable bonds is 5. The molecule has 0 saturated carbocycles. The third-order valence-electron chi connectivity index (χ3n) is 2.83. The molecule has 0 aliphatic carbocycles. The number of fused-ring (bicyclic) bond motifs is 1. The maximum atomic E-state index is 10.8. The number of hydrogen-bond donors (Lipinski definition) is 1. The Hall–Kier alpha value is -1.38. The summed E-state index contributed by atoms with van der Waals surface area (Å²) in [5.41, 5.74) is 1.73. The zero-order chi connectivity index (χ0) is 14.8. The van der Waals surface area contributed by atoms with E-state index in [2.05, 4.69) is 25.9 Å². The number of imidazole rings is 1. The quantitative estimate of drug-likeness (QED) is 0.683. The second kappa shape index (κ2) is 6.17. The van der Waals surface area contributed by atoms with Crippen LogP contribution in [0.15, 0.2) is 39.5 Å². The van der Waals surface area contributed by atoms with Crippen molar-refractivity contribution < 1.29 is 9.90 Å². The molecule has 3 rings (SSSR count). The van der Waals surface area contributed by atoms with Crippen LogP contribution < -0.4 is 0 Å². The zero-order valence-corrected chi connectivity index (χ0v) is 13.9. The van der Waals surface area contributed by atoms with Crippen molar-refractivity contribution >= 4 is 56.0 Å². The van der Waals surface area contributed by atoms with Crippen LogP contribution in [0.4, 0.5) is 0 Å². The van der Waals surface area contributed by atoms with Crippen LogP contribution in [0.2, 0.25) is 0 Å². The first-order chi connectivity index (χ1) is 10.1. The Labute approximate surface area is 137 Å². The van der Waals surface area contributed by atoms with Gasteiger partial charge in [-0.1, -0.05) is 11.8 Å². The molecule has 3 aromatic rings. The van der Waals surface area contributed by atoms with Crippen molar-refractivity contribution in [2.45, 2.75) is 11.7 Å². The molecule has 0 bridgehead atoms. The van der Waals surface area contributed by atoms with Gasteiger partial charge in [0.05, 0.1) is 24.0 Å². The van der Waals surface area contributed by atoms with E-state index in [4.69, 9.17) is 5.11 Å². The van der Waals surface area contributed by atoms with Crippen LogP contribution >= 0.6 is 39.0 Å². The van der Waals surface area contributed by atoms with E-state index in [0.717, 1.165) is 15.5 Å². The first kappa shape index (κ1) is 14.6. The summed E-state index contributed by atoms with van der Waals surface area (Å²) < 4.78 is 3.08. The number of carboxylic acids is 1. The predicted octanol–water partition coefficient (Wildman–Crippen LogP) is 3.48. The van der Waals surface area contributed by atoms with Crippen LogP contribution in [-0.2, 0) is 11.3 Å². The first-order valence-electron chi connectivity index (χ1n) is 6.02. The minimum absolute atomic E-state index is 0.0115. The lowest BCUT2D eigenvalue weighted by Gasteiger charge is -2.07. The van der Waals surface area contributed by atoms with Gasteiger partial charge in [0.25, 0.3) is 0 Å². The number of halogens is 1. The molecule has 0 saturated heterocycles. The molecule has 0 aromatic carbocycles. The molecular formula is C13H10BrN3O2S2. The minimum Gasteiger partial charge on any atom is -0.481 e. The van der Waals surface area contributed by atoms with Gasteiger partial charge in [0.2, 0.25) is 0 Å². The van der Waals surface area contributed by atoms with E-state index in [1.165, 1.54) is 16.6 Å². The van der Waals surface area contributed by atoms with Crippen LogP contribution in [0.1, 0.15) is 4.88 Å². The van der Waals surface area contributed by atoms with Gasteiger partial charge in [0, 0.05) is 15.5 Å². The van der Waals surface area contributed by atoms with E-state index < -0.39 is 5.97 Å². The highest BCUT2D eigenvalue weighted by Gasteiger charge is 2.14. The van der Waals surface area contributed by atoms with Gasteiger partial charge in [0.15, 0.2) is 5.16 Å². The van der Waals surface area contributed by atoms with Crippen molar-refractivity contribution in [1.82, 2.24) is 14.5 Å². The Morgan fingerprint density at radius 1 is 1.48 bits per heavy atom. The Kier molecular flexibility index (Phi) is 4.27. The smallest absolute Gasteiger partial charge is 0.313 e. The molecular weight excluding hydrogens is 374 g/mol. The molecule has 5 nitrogen and oxygen atoms in total. The number of carboxylic acid groups (broad SMARTS) is 1. The van der Waals surface area contributed by atoms with Crippen molar-refractivity contribution in [3.63, 3.8) is 0 Å². The number of hydrogen-bond acceptors (Lipinski definition) is 5. The third-order valence-corrected chi connectivity index (χ3v) is 5.71. The number of carbonyl (C=O) groups is 1. The molecule has 0 aliphatic rings. The lowest BCUT2D eigenvalue weighted by molar-refractivity contribution is -0.133.